The van der Waals surface area contributed by atoms with Crippen LogP contribution in [0.5, 0.6) is 0 Å². The van der Waals surface area contributed by atoms with E-state index in [0.29, 0.717) is 24.2 Å². The van der Waals surface area contributed by atoms with Crippen molar-refractivity contribution in [3.8, 4) is 0 Å². The van der Waals surface area contributed by atoms with Gasteiger partial charge in [0.05, 0.1) is 23.5 Å². The van der Waals surface area contributed by atoms with Crippen molar-refractivity contribution in [2.45, 2.75) is 49.3 Å². The summed E-state index contributed by atoms with van der Waals surface area (Å²) in [4.78, 5) is 0. The SMILES string of the molecule is c1ccc(C2NC3CC4NC(c5ccccc5)NN(c5ccccc5)C4CC3N(c3ccccc3)N2)cc1. The molecule has 4 N–H and O–H groups in total. The molecule has 0 spiro atoms. The maximum atomic E-state index is 3.98. The fourth-order valence-electron chi connectivity index (χ4n) is 6.41. The number of fused-ring (bicyclic) bond motifs is 2. The van der Waals surface area contributed by atoms with Gasteiger partial charge in [-0.05, 0) is 48.2 Å². The fraction of sp³-hybridized carbons (Fsp3) is 0.250. The van der Waals surface area contributed by atoms with Crippen molar-refractivity contribution in [2.75, 3.05) is 10.0 Å². The van der Waals surface area contributed by atoms with Crippen molar-refractivity contribution >= 4 is 11.4 Å². The number of hydrazine groups is 2. The summed E-state index contributed by atoms with van der Waals surface area (Å²) in [5.41, 5.74) is 12.6. The first-order chi connectivity index (χ1) is 18.8. The number of rotatable bonds is 4. The van der Waals surface area contributed by atoms with Crippen LogP contribution in [0.15, 0.2) is 121 Å². The van der Waals surface area contributed by atoms with Gasteiger partial charge < -0.3 is 10.0 Å². The lowest BCUT2D eigenvalue weighted by molar-refractivity contribution is 0.121. The summed E-state index contributed by atoms with van der Waals surface area (Å²) in [5, 5.41) is 12.8. The molecule has 0 aromatic heterocycles. The minimum Gasteiger partial charge on any atom is -0.302 e. The van der Waals surface area contributed by atoms with Crippen molar-refractivity contribution in [1.82, 2.24) is 21.5 Å². The Bertz CT molecular complexity index is 1220. The summed E-state index contributed by atoms with van der Waals surface area (Å²) in [6, 6.07) is 44.2. The van der Waals surface area contributed by atoms with E-state index < -0.39 is 0 Å². The fourth-order valence-corrected chi connectivity index (χ4v) is 6.41. The van der Waals surface area contributed by atoms with Gasteiger partial charge in [0, 0.05) is 12.1 Å². The summed E-state index contributed by atoms with van der Waals surface area (Å²) in [5.74, 6) is 0. The lowest BCUT2D eigenvalue weighted by Gasteiger charge is -2.57. The van der Waals surface area contributed by atoms with Crippen LogP contribution in [-0.2, 0) is 0 Å². The zero-order valence-corrected chi connectivity index (χ0v) is 21.3. The zero-order valence-electron chi connectivity index (χ0n) is 21.3. The highest BCUT2D eigenvalue weighted by molar-refractivity contribution is 5.50. The first-order valence-electron chi connectivity index (χ1n) is 13.7. The van der Waals surface area contributed by atoms with Gasteiger partial charge in [-0.1, -0.05) is 97.1 Å². The first-order valence-corrected chi connectivity index (χ1v) is 13.7. The molecule has 4 aromatic carbocycles. The topological polar surface area (TPSA) is 54.6 Å². The van der Waals surface area contributed by atoms with Gasteiger partial charge in [0.2, 0.25) is 0 Å². The second kappa shape index (κ2) is 10.2. The lowest BCUT2D eigenvalue weighted by atomic mass is 9.79. The Morgan fingerprint density at radius 3 is 1.21 bits per heavy atom. The lowest BCUT2D eigenvalue weighted by Crippen LogP contribution is -2.75. The van der Waals surface area contributed by atoms with E-state index in [1.165, 1.54) is 22.5 Å². The Morgan fingerprint density at radius 1 is 0.447 bits per heavy atom. The molecule has 2 saturated heterocycles. The monoisotopic (exact) mass is 502 g/mol. The van der Waals surface area contributed by atoms with Crippen LogP contribution in [0.4, 0.5) is 11.4 Å². The van der Waals surface area contributed by atoms with Crippen LogP contribution in [0.25, 0.3) is 0 Å². The van der Waals surface area contributed by atoms with Crippen molar-refractivity contribution in [3.63, 3.8) is 0 Å². The molecule has 7 rings (SSSR count). The standard InChI is InChI=1S/C32H34N6/c1-5-13-23(14-6-1)31-33-27-21-28-30(22-29(27)37(35-31)25-17-9-3-10-18-25)38(26-19-11-4-12-20-26)36-32(34-28)24-15-7-2-8-16-24/h1-20,27-36H,21-22H2. The van der Waals surface area contributed by atoms with Gasteiger partial charge in [-0.3, -0.25) is 10.6 Å². The molecule has 6 atom stereocenters. The Kier molecular flexibility index (Phi) is 6.31. The maximum absolute atomic E-state index is 3.98. The summed E-state index contributed by atoms with van der Waals surface area (Å²) in [6.45, 7) is 0. The highest BCUT2D eigenvalue weighted by atomic mass is 15.6. The van der Waals surface area contributed by atoms with E-state index in [9.17, 15) is 0 Å². The summed E-state index contributed by atoms with van der Waals surface area (Å²) in [6.07, 6.45) is 2.12. The molecule has 6 heteroatoms. The van der Waals surface area contributed by atoms with E-state index >= 15 is 0 Å². The molecule has 192 valence electrons. The molecule has 38 heavy (non-hydrogen) atoms. The van der Waals surface area contributed by atoms with E-state index in [1.807, 2.05) is 0 Å². The molecule has 0 amide bonds. The highest BCUT2D eigenvalue weighted by Gasteiger charge is 2.48. The Balaban J connectivity index is 1.24. The maximum Gasteiger partial charge on any atom is 0.101 e. The average molecular weight is 503 g/mol. The third-order valence-electron chi connectivity index (χ3n) is 8.22. The third-order valence-corrected chi connectivity index (χ3v) is 8.22. The Labute approximate surface area is 224 Å². The number of anilines is 2. The number of nitrogens with one attached hydrogen (secondary N) is 4. The van der Waals surface area contributed by atoms with E-state index in [4.69, 9.17) is 0 Å². The van der Waals surface area contributed by atoms with Gasteiger partial charge in [0.1, 0.15) is 12.3 Å². The van der Waals surface area contributed by atoms with Gasteiger partial charge in [0.25, 0.3) is 0 Å². The minimum absolute atomic E-state index is 0.0473. The van der Waals surface area contributed by atoms with Crippen LogP contribution >= 0.6 is 0 Å². The molecule has 2 heterocycles. The van der Waals surface area contributed by atoms with Crippen LogP contribution in [0, 0.1) is 0 Å². The van der Waals surface area contributed by atoms with E-state index in [1.54, 1.807) is 0 Å². The normalized spacial score (nSPS) is 28.8. The highest BCUT2D eigenvalue weighted by Crippen LogP contribution is 2.37. The predicted molar refractivity (Wildman–Crippen MR) is 153 cm³/mol. The van der Waals surface area contributed by atoms with Gasteiger partial charge in [-0.2, -0.15) is 0 Å². The van der Waals surface area contributed by atoms with Crippen molar-refractivity contribution in [3.05, 3.63) is 132 Å². The molecule has 6 nitrogen and oxygen atoms in total. The largest absolute Gasteiger partial charge is 0.302 e. The summed E-state index contributed by atoms with van der Waals surface area (Å²) >= 11 is 0. The second-order valence-electron chi connectivity index (χ2n) is 10.5. The van der Waals surface area contributed by atoms with E-state index in [2.05, 4.69) is 153 Å². The molecule has 4 aromatic rings. The summed E-state index contributed by atoms with van der Waals surface area (Å²) in [7, 11) is 0. The van der Waals surface area contributed by atoms with E-state index in [-0.39, 0.29) is 12.3 Å². The zero-order chi connectivity index (χ0) is 25.3. The first kappa shape index (κ1) is 23.4. The third kappa shape index (κ3) is 4.46. The molecule has 3 fully saturated rings. The van der Waals surface area contributed by atoms with Crippen LogP contribution in [-0.4, -0.2) is 24.2 Å². The van der Waals surface area contributed by atoms with Gasteiger partial charge in [0.15, 0.2) is 0 Å². The quantitative estimate of drug-likeness (QED) is 0.319. The molecular weight excluding hydrogens is 468 g/mol. The van der Waals surface area contributed by atoms with E-state index in [0.717, 1.165) is 12.8 Å². The molecule has 2 aliphatic heterocycles. The van der Waals surface area contributed by atoms with Crippen molar-refractivity contribution < 1.29 is 0 Å². The molecule has 6 unspecified atom stereocenters. The molecule has 3 aliphatic rings. The molecular formula is C32H34N6. The summed E-state index contributed by atoms with van der Waals surface area (Å²) < 4.78 is 0. The number of hydrogen-bond acceptors (Lipinski definition) is 6. The molecule has 1 saturated carbocycles. The van der Waals surface area contributed by atoms with Gasteiger partial charge >= 0.3 is 0 Å². The smallest absolute Gasteiger partial charge is 0.101 e. The predicted octanol–water partition coefficient (Wildman–Crippen LogP) is 4.88. The van der Waals surface area contributed by atoms with Crippen molar-refractivity contribution in [2.24, 2.45) is 0 Å². The molecule has 1 aliphatic carbocycles. The van der Waals surface area contributed by atoms with Crippen LogP contribution in [0.3, 0.4) is 0 Å². The molecule has 0 bridgehead atoms. The molecule has 0 radical (unpaired) electrons. The van der Waals surface area contributed by atoms with Crippen LogP contribution < -0.4 is 31.5 Å². The number of benzene rings is 4. The Hall–Kier alpha value is -3.68. The number of nitrogens with zero attached hydrogens (tertiary/aromatic N) is 2. The van der Waals surface area contributed by atoms with Crippen LogP contribution in [0.2, 0.25) is 0 Å². The van der Waals surface area contributed by atoms with Gasteiger partial charge in [-0.25, -0.2) is 10.9 Å². The van der Waals surface area contributed by atoms with Gasteiger partial charge in [-0.15, -0.1) is 0 Å². The minimum atomic E-state index is 0.0473. The average Bonchev–Trinajstić information content (AvgIpc) is 3.00. The van der Waals surface area contributed by atoms with Crippen molar-refractivity contribution in [1.29, 1.82) is 0 Å². The van der Waals surface area contributed by atoms with Crippen LogP contribution in [0.1, 0.15) is 36.3 Å². The number of hydrogen-bond donors (Lipinski definition) is 4. The second-order valence-corrected chi connectivity index (χ2v) is 10.5. The number of para-hydroxylation sites is 2. The Morgan fingerprint density at radius 2 is 0.816 bits per heavy atom.